The molecule has 0 spiro atoms. The average molecular weight is 366 g/mol. The van der Waals surface area contributed by atoms with Gasteiger partial charge in [0.25, 0.3) is 0 Å². The van der Waals surface area contributed by atoms with E-state index in [1.807, 2.05) is 36.0 Å². The molecule has 0 aliphatic heterocycles. The Kier molecular flexibility index (Phi) is 4.59. The highest BCUT2D eigenvalue weighted by Crippen LogP contribution is 2.43. The Morgan fingerprint density at radius 1 is 1.27 bits per heavy atom. The first kappa shape index (κ1) is 17.0. The molecule has 0 aromatic carbocycles. The van der Waals surface area contributed by atoms with Crippen molar-refractivity contribution in [2.75, 3.05) is 0 Å². The summed E-state index contributed by atoms with van der Waals surface area (Å²) < 4.78 is 1.85. The maximum atomic E-state index is 13.1. The van der Waals surface area contributed by atoms with Crippen molar-refractivity contribution in [2.45, 2.75) is 37.6 Å². The zero-order valence-electron chi connectivity index (χ0n) is 14.8. The summed E-state index contributed by atoms with van der Waals surface area (Å²) in [5.74, 6) is 0.133. The Labute approximate surface area is 157 Å². The highest BCUT2D eigenvalue weighted by molar-refractivity contribution is 7.10. The quantitative estimate of drug-likeness (QED) is 0.749. The first-order valence-corrected chi connectivity index (χ1v) is 9.83. The fourth-order valence-corrected chi connectivity index (χ4v) is 4.84. The van der Waals surface area contributed by atoms with Gasteiger partial charge in [-0.2, -0.15) is 5.10 Å². The number of nitrogens with one attached hydrogen (secondary N) is 1. The second kappa shape index (κ2) is 7.03. The van der Waals surface area contributed by atoms with Crippen LogP contribution in [0, 0.1) is 0 Å². The van der Waals surface area contributed by atoms with E-state index in [0.29, 0.717) is 6.54 Å². The summed E-state index contributed by atoms with van der Waals surface area (Å²) in [6, 6.07) is 10.1. The molecule has 3 aromatic rings. The van der Waals surface area contributed by atoms with Crippen LogP contribution in [0.25, 0.3) is 11.3 Å². The highest BCUT2D eigenvalue weighted by Gasteiger charge is 2.43. The van der Waals surface area contributed by atoms with Gasteiger partial charge in [0.2, 0.25) is 5.91 Å². The van der Waals surface area contributed by atoms with E-state index in [-0.39, 0.29) is 11.3 Å². The molecule has 1 aliphatic rings. The molecule has 4 rings (SSSR count). The van der Waals surface area contributed by atoms with Crippen molar-refractivity contribution in [3.05, 3.63) is 58.7 Å². The minimum Gasteiger partial charge on any atom is -0.350 e. The van der Waals surface area contributed by atoms with Gasteiger partial charge in [-0.1, -0.05) is 18.9 Å². The number of carbonyl (C=O) groups excluding carboxylic acids is 1. The number of hydrogen-bond acceptors (Lipinski definition) is 4. The first-order chi connectivity index (χ1) is 12.7. The summed E-state index contributed by atoms with van der Waals surface area (Å²) in [6.07, 6.45) is 7.64. The molecule has 0 radical (unpaired) electrons. The molecule has 0 unspecified atom stereocenters. The van der Waals surface area contributed by atoms with E-state index in [2.05, 4.69) is 26.8 Å². The molecular weight excluding hydrogens is 344 g/mol. The molecule has 6 heteroatoms. The van der Waals surface area contributed by atoms with Gasteiger partial charge >= 0.3 is 0 Å². The third-order valence-electron chi connectivity index (χ3n) is 5.22. The van der Waals surface area contributed by atoms with Gasteiger partial charge in [0.15, 0.2) is 0 Å². The molecule has 0 saturated heterocycles. The van der Waals surface area contributed by atoms with Crippen LogP contribution < -0.4 is 5.32 Å². The van der Waals surface area contributed by atoms with Crippen LogP contribution >= 0.6 is 11.3 Å². The van der Waals surface area contributed by atoms with Crippen LogP contribution in [0.3, 0.4) is 0 Å². The number of nitrogens with zero attached hydrogens (tertiary/aromatic N) is 3. The van der Waals surface area contributed by atoms with E-state index < -0.39 is 0 Å². The van der Waals surface area contributed by atoms with Gasteiger partial charge in [-0.15, -0.1) is 11.3 Å². The largest absolute Gasteiger partial charge is 0.350 e. The van der Waals surface area contributed by atoms with Crippen LogP contribution in [0.1, 0.15) is 36.3 Å². The molecule has 26 heavy (non-hydrogen) atoms. The van der Waals surface area contributed by atoms with Gasteiger partial charge in [-0.3, -0.25) is 14.5 Å². The molecule has 1 saturated carbocycles. The number of aryl methyl sites for hydroxylation is 1. The van der Waals surface area contributed by atoms with Gasteiger partial charge in [0, 0.05) is 29.9 Å². The van der Waals surface area contributed by atoms with Crippen molar-refractivity contribution >= 4 is 17.2 Å². The summed E-state index contributed by atoms with van der Waals surface area (Å²) in [7, 11) is 1.92. The molecule has 3 aromatic heterocycles. The van der Waals surface area contributed by atoms with Crippen LogP contribution in [-0.2, 0) is 23.8 Å². The molecule has 3 heterocycles. The molecule has 1 aliphatic carbocycles. The fraction of sp³-hybridized carbons (Fsp3) is 0.350. The van der Waals surface area contributed by atoms with Crippen molar-refractivity contribution in [3.63, 3.8) is 0 Å². The van der Waals surface area contributed by atoms with Crippen molar-refractivity contribution in [1.82, 2.24) is 20.1 Å². The lowest BCUT2D eigenvalue weighted by Crippen LogP contribution is -2.41. The second-order valence-corrected chi connectivity index (χ2v) is 7.78. The van der Waals surface area contributed by atoms with E-state index >= 15 is 0 Å². The Balaban J connectivity index is 1.50. The lowest BCUT2D eigenvalue weighted by molar-refractivity contribution is -0.126. The van der Waals surface area contributed by atoms with Crippen LogP contribution in [0.5, 0.6) is 0 Å². The predicted molar refractivity (Wildman–Crippen MR) is 103 cm³/mol. The normalized spacial score (nSPS) is 15.9. The van der Waals surface area contributed by atoms with E-state index in [1.54, 1.807) is 23.7 Å². The summed E-state index contributed by atoms with van der Waals surface area (Å²) in [4.78, 5) is 18.3. The zero-order chi connectivity index (χ0) is 18.0. The lowest BCUT2D eigenvalue weighted by Gasteiger charge is -2.26. The van der Waals surface area contributed by atoms with Crippen LogP contribution in [-0.4, -0.2) is 20.7 Å². The minimum atomic E-state index is -0.350. The average Bonchev–Trinajstić information content (AvgIpc) is 3.41. The van der Waals surface area contributed by atoms with Crippen LogP contribution in [0.2, 0.25) is 0 Å². The maximum absolute atomic E-state index is 13.1. The topological polar surface area (TPSA) is 59.8 Å². The summed E-state index contributed by atoms with van der Waals surface area (Å²) in [5, 5.41) is 9.75. The Morgan fingerprint density at radius 2 is 2.04 bits per heavy atom. The number of pyridine rings is 1. The van der Waals surface area contributed by atoms with E-state index in [0.717, 1.165) is 42.6 Å². The maximum Gasteiger partial charge on any atom is 0.231 e. The molecule has 0 bridgehead atoms. The second-order valence-electron chi connectivity index (χ2n) is 6.83. The monoisotopic (exact) mass is 366 g/mol. The van der Waals surface area contributed by atoms with Crippen molar-refractivity contribution in [1.29, 1.82) is 0 Å². The summed E-state index contributed by atoms with van der Waals surface area (Å²) >= 11 is 1.69. The van der Waals surface area contributed by atoms with E-state index in [1.165, 1.54) is 4.88 Å². The van der Waals surface area contributed by atoms with Gasteiger partial charge < -0.3 is 5.32 Å². The molecular formula is C20H22N4OS. The molecule has 134 valence electrons. The third kappa shape index (κ3) is 3.05. The third-order valence-corrected chi connectivity index (χ3v) is 6.30. The number of aromatic nitrogens is 3. The molecule has 1 N–H and O–H groups in total. The smallest absolute Gasteiger partial charge is 0.231 e. The van der Waals surface area contributed by atoms with Crippen molar-refractivity contribution in [3.8, 4) is 11.3 Å². The fourth-order valence-electron chi connectivity index (χ4n) is 3.86. The van der Waals surface area contributed by atoms with Crippen LogP contribution in [0.4, 0.5) is 0 Å². The summed E-state index contributed by atoms with van der Waals surface area (Å²) in [5.41, 5.74) is 2.60. The first-order valence-electron chi connectivity index (χ1n) is 8.95. The number of hydrogen-bond donors (Lipinski definition) is 1. The van der Waals surface area contributed by atoms with Crippen LogP contribution in [0.15, 0.2) is 48.1 Å². The Morgan fingerprint density at radius 3 is 2.73 bits per heavy atom. The van der Waals surface area contributed by atoms with Gasteiger partial charge in [0.05, 0.1) is 23.3 Å². The molecule has 5 nitrogen and oxygen atoms in total. The number of amides is 1. The SMILES string of the molecule is Cn1nc(CNC(=O)C2(c3cccs3)CCCC2)cc1-c1ccncc1. The Hall–Kier alpha value is -2.47. The molecule has 1 amide bonds. The minimum absolute atomic E-state index is 0.133. The van der Waals surface area contributed by atoms with E-state index in [9.17, 15) is 4.79 Å². The lowest BCUT2D eigenvalue weighted by atomic mass is 9.83. The number of rotatable bonds is 5. The molecule has 1 fully saturated rings. The zero-order valence-corrected chi connectivity index (χ0v) is 15.6. The highest BCUT2D eigenvalue weighted by atomic mass is 32.1. The van der Waals surface area contributed by atoms with Gasteiger partial charge in [0.1, 0.15) is 0 Å². The molecule has 0 atom stereocenters. The van der Waals surface area contributed by atoms with E-state index in [4.69, 9.17) is 0 Å². The predicted octanol–water partition coefficient (Wildman–Crippen LogP) is 3.67. The Bertz CT molecular complexity index is 880. The van der Waals surface area contributed by atoms with Crippen molar-refractivity contribution < 1.29 is 4.79 Å². The van der Waals surface area contributed by atoms with Gasteiger partial charge in [-0.25, -0.2) is 0 Å². The van der Waals surface area contributed by atoms with Gasteiger partial charge in [-0.05, 0) is 42.5 Å². The summed E-state index contributed by atoms with van der Waals surface area (Å²) in [6.45, 7) is 0.449. The number of carbonyl (C=O) groups is 1. The van der Waals surface area contributed by atoms with Crippen molar-refractivity contribution in [2.24, 2.45) is 7.05 Å². The standard InChI is InChI=1S/C20H22N4OS/c1-24-17(15-6-10-21-11-7-15)13-16(23-24)14-22-19(25)20(8-2-3-9-20)18-5-4-12-26-18/h4-7,10-13H,2-3,8-9,14H2,1H3,(H,22,25). The number of thiophene rings is 1.